The zero-order valence-corrected chi connectivity index (χ0v) is 15.1. The van der Waals surface area contributed by atoms with Gasteiger partial charge < -0.3 is 14.7 Å². The molecule has 2 aromatic rings. The van der Waals surface area contributed by atoms with Gasteiger partial charge in [0, 0.05) is 19.6 Å². The second-order valence-corrected chi connectivity index (χ2v) is 7.07. The zero-order chi connectivity index (χ0) is 17.6. The fraction of sp³-hybridized carbons (Fsp3) is 0.579. The van der Waals surface area contributed by atoms with Crippen LogP contribution in [0.15, 0.2) is 30.9 Å². The number of para-hydroxylation sites is 1. The van der Waals surface area contributed by atoms with E-state index < -0.39 is 6.10 Å². The molecule has 6 heteroatoms. The number of benzene rings is 1. The van der Waals surface area contributed by atoms with Gasteiger partial charge in [0.2, 0.25) is 0 Å². The Labute approximate surface area is 149 Å². The Bertz CT molecular complexity index is 639. The summed E-state index contributed by atoms with van der Waals surface area (Å²) in [5.74, 6) is 1.45. The van der Waals surface area contributed by atoms with Crippen molar-refractivity contribution in [1.82, 2.24) is 19.7 Å². The Morgan fingerprint density at radius 3 is 2.84 bits per heavy atom. The molecule has 0 saturated carbocycles. The summed E-state index contributed by atoms with van der Waals surface area (Å²) < 4.78 is 7.78. The number of aliphatic hydroxyl groups is 1. The van der Waals surface area contributed by atoms with Crippen LogP contribution in [0, 0.1) is 19.8 Å². The van der Waals surface area contributed by atoms with E-state index in [1.807, 2.05) is 36.7 Å². The van der Waals surface area contributed by atoms with Crippen molar-refractivity contribution >= 4 is 0 Å². The molecule has 0 unspecified atom stereocenters. The van der Waals surface area contributed by atoms with Gasteiger partial charge in [-0.25, -0.2) is 4.98 Å². The van der Waals surface area contributed by atoms with Crippen LogP contribution in [0.4, 0.5) is 0 Å². The monoisotopic (exact) mass is 344 g/mol. The van der Waals surface area contributed by atoms with E-state index in [2.05, 4.69) is 15.0 Å². The Hall–Kier alpha value is -1.92. The van der Waals surface area contributed by atoms with Crippen LogP contribution in [-0.2, 0) is 6.54 Å². The molecule has 136 valence electrons. The van der Waals surface area contributed by atoms with Crippen molar-refractivity contribution < 1.29 is 9.84 Å². The highest BCUT2D eigenvalue weighted by Crippen LogP contribution is 2.23. The van der Waals surface area contributed by atoms with E-state index in [1.165, 1.54) is 6.42 Å². The average Bonchev–Trinajstić information content (AvgIpc) is 3.07. The average molecular weight is 344 g/mol. The fourth-order valence-corrected chi connectivity index (χ4v) is 3.61. The maximum absolute atomic E-state index is 10.4. The van der Waals surface area contributed by atoms with Gasteiger partial charge in [-0.1, -0.05) is 18.2 Å². The van der Waals surface area contributed by atoms with Crippen molar-refractivity contribution in [1.29, 1.82) is 0 Å². The molecule has 1 N–H and O–H groups in total. The van der Waals surface area contributed by atoms with E-state index in [0.717, 1.165) is 42.9 Å². The summed E-state index contributed by atoms with van der Waals surface area (Å²) in [7, 11) is 0. The molecule has 2 atom stereocenters. The van der Waals surface area contributed by atoms with Gasteiger partial charge in [-0.15, -0.1) is 0 Å². The first-order valence-electron chi connectivity index (χ1n) is 9.03. The molecule has 1 fully saturated rings. The summed E-state index contributed by atoms with van der Waals surface area (Å²) in [4.78, 5) is 6.34. The van der Waals surface area contributed by atoms with Gasteiger partial charge in [0.1, 0.15) is 31.1 Å². The molecule has 0 radical (unpaired) electrons. The number of ether oxygens (including phenoxy) is 1. The Morgan fingerprint density at radius 2 is 2.12 bits per heavy atom. The number of rotatable bonds is 7. The van der Waals surface area contributed by atoms with Crippen molar-refractivity contribution in [3.8, 4) is 5.75 Å². The lowest BCUT2D eigenvalue weighted by Crippen LogP contribution is -2.42. The van der Waals surface area contributed by atoms with E-state index in [4.69, 9.17) is 4.74 Å². The normalized spacial score (nSPS) is 19.7. The van der Waals surface area contributed by atoms with Crippen molar-refractivity contribution in [3.05, 3.63) is 42.0 Å². The molecule has 2 heterocycles. The van der Waals surface area contributed by atoms with E-state index in [9.17, 15) is 5.11 Å². The molecule has 1 aliphatic rings. The standard InChI is InChI=1S/C19H28N4O2/c1-15-5-3-6-16(2)19(15)25-12-18(24)11-22-8-4-7-17(9-22)10-23-14-20-13-21-23/h3,5-6,13-14,17-18,24H,4,7-12H2,1-2H3/t17-,18+/m1/s1. The van der Waals surface area contributed by atoms with Crippen molar-refractivity contribution in [2.75, 3.05) is 26.2 Å². The maximum atomic E-state index is 10.4. The number of hydrogen-bond acceptors (Lipinski definition) is 5. The van der Waals surface area contributed by atoms with Crippen molar-refractivity contribution in [2.24, 2.45) is 5.92 Å². The molecule has 0 spiro atoms. The van der Waals surface area contributed by atoms with E-state index >= 15 is 0 Å². The van der Waals surface area contributed by atoms with Crippen molar-refractivity contribution in [3.63, 3.8) is 0 Å². The summed E-state index contributed by atoms with van der Waals surface area (Å²) in [5.41, 5.74) is 2.22. The smallest absolute Gasteiger partial charge is 0.137 e. The molecule has 25 heavy (non-hydrogen) atoms. The molecule has 0 bridgehead atoms. The lowest BCUT2D eigenvalue weighted by molar-refractivity contribution is 0.0491. The van der Waals surface area contributed by atoms with Crippen LogP contribution in [0.25, 0.3) is 0 Å². The maximum Gasteiger partial charge on any atom is 0.137 e. The second kappa shape index (κ2) is 8.45. The van der Waals surface area contributed by atoms with E-state index in [0.29, 0.717) is 19.1 Å². The summed E-state index contributed by atoms with van der Waals surface area (Å²) in [5, 5.41) is 14.6. The summed E-state index contributed by atoms with van der Waals surface area (Å²) in [6.07, 6.45) is 5.22. The minimum absolute atomic E-state index is 0.329. The molecule has 1 aromatic carbocycles. The molecule has 0 aliphatic carbocycles. The lowest BCUT2D eigenvalue weighted by Gasteiger charge is -2.33. The first-order valence-corrected chi connectivity index (χ1v) is 9.03. The SMILES string of the molecule is Cc1cccc(C)c1OC[C@@H](O)CN1CCC[C@@H](Cn2cncn2)C1. The third-order valence-corrected chi connectivity index (χ3v) is 4.81. The number of hydrogen-bond donors (Lipinski definition) is 1. The number of β-amino-alcohol motifs (C(OH)–C–C–N with tert-alkyl or cyclic N) is 1. The third kappa shape index (κ3) is 5.03. The molecule has 1 aromatic heterocycles. The quantitative estimate of drug-likeness (QED) is 0.833. The minimum atomic E-state index is -0.482. The first-order chi connectivity index (χ1) is 12.1. The van der Waals surface area contributed by atoms with Crippen molar-refractivity contribution in [2.45, 2.75) is 39.3 Å². The highest BCUT2D eigenvalue weighted by Gasteiger charge is 2.22. The number of aryl methyl sites for hydroxylation is 2. The largest absolute Gasteiger partial charge is 0.490 e. The highest BCUT2D eigenvalue weighted by atomic mass is 16.5. The molecule has 0 amide bonds. The van der Waals surface area contributed by atoms with Crippen LogP contribution in [0.3, 0.4) is 0 Å². The van der Waals surface area contributed by atoms with Gasteiger partial charge in [-0.3, -0.25) is 4.68 Å². The van der Waals surface area contributed by atoms with E-state index in [-0.39, 0.29) is 0 Å². The number of aliphatic hydroxyl groups excluding tert-OH is 1. The second-order valence-electron chi connectivity index (χ2n) is 7.07. The molecule has 3 rings (SSSR count). The highest BCUT2D eigenvalue weighted by molar-refractivity contribution is 5.39. The van der Waals surface area contributed by atoms with Crippen LogP contribution in [0.2, 0.25) is 0 Å². The Balaban J connectivity index is 1.46. The van der Waals surface area contributed by atoms with Crippen LogP contribution >= 0.6 is 0 Å². The number of nitrogens with zero attached hydrogens (tertiary/aromatic N) is 4. The number of likely N-dealkylation sites (tertiary alicyclic amines) is 1. The Morgan fingerprint density at radius 1 is 1.32 bits per heavy atom. The predicted octanol–water partition coefficient (Wildman–Crippen LogP) is 2.05. The predicted molar refractivity (Wildman–Crippen MR) is 96.6 cm³/mol. The van der Waals surface area contributed by atoms with Gasteiger partial charge in [0.25, 0.3) is 0 Å². The van der Waals surface area contributed by atoms with Gasteiger partial charge >= 0.3 is 0 Å². The summed E-state index contributed by atoms with van der Waals surface area (Å²) in [6.45, 7) is 7.97. The Kier molecular flexibility index (Phi) is 6.04. The molecule has 6 nitrogen and oxygen atoms in total. The van der Waals surface area contributed by atoms with Gasteiger partial charge in [0.15, 0.2) is 0 Å². The molecule has 1 aliphatic heterocycles. The molecular formula is C19H28N4O2. The third-order valence-electron chi connectivity index (χ3n) is 4.81. The van der Waals surface area contributed by atoms with Gasteiger partial charge in [0.05, 0.1) is 0 Å². The topological polar surface area (TPSA) is 63.4 Å². The van der Waals surface area contributed by atoms with Gasteiger partial charge in [-0.2, -0.15) is 5.10 Å². The molecular weight excluding hydrogens is 316 g/mol. The summed E-state index contributed by atoms with van der Waals surface area (Å²) in [6, 6.07) is 6.10. The molecule has 1 saturated heterocycles. The van der Waals surface area contributed by atoms with Crippen LogP contribution in [0.1, 0.15) is 24.0 Å². The zero-order valence-electron chi connectivity index (χ0n) is 15.1. The van der Waals surface area contributed by atoms with Crippen LogP contribution in [-0.4, -0.2) is 57.1 Å². The van der Waals surface area contributed by atoms with E-state index in [1.54, 1.807) is 12.7 Å². The first kappa shape index (κ1) is 17.9. The minimum Gasteiger partial charge on any atom is -0.490 e. The summed E-state index contributed by atoms with van der Waals surface area (Å²) >= 11 is 0. The lowest BCUT2D eigenvalue weighted by atomic mass is 9.98. The number of aromatic nitrogens is 3. The van der Waals surface area contributed by atoms with Gasteiger partial charge in [-0.05, 0) is 50.3 Å². The van der Waals surface area contributed by atoms with Crippen LogP contribution in [0.5, 0.6) is 5.75 Å². The van der Waals surface area contributed by atoms with Crippen LogP contribution < -0.4 is 4.74 Å². The number of piperidine rings is 1. The fourth-order valence-electron chi connectivity index (χ4n) is 3.61.